The van der Waals surface area contributed by atoms with Gasteiger partial charge < -0.3 is 10.6 Å². The molecule has 86 valence electrons. The number of nitrogen functional groups attached to an aromatic ring is 1. The molecule has 1 saturated heterocycles. The molecule has 1 amide bonds. The van der Waals surface area contributed by atoms with E-state index in [1.807, 2.05) is 17.0 Å². The standard InChI is InChI=1S/C12H15ClN2O/c1-8-5-12(16)15(6-8)7-9-10(13)3-2-4-11(9)14/h2-4,8H,5-7,14H2,1H3. The molecule has 1 fully saturated rings. The van der Waals surface area contributed by atoms with Gasteiger partial charge in [-0.1, -0.05) is 24.6 Å². The summed E-state index contributed by atoms with van der Waals surface area (Å²) in [6, 6.07) is 5.43. The Morgan fingerprint density at radius 3 is 2.88 bits per heavy atom. The average molecular weight is 239 g/mol. The van der Waals surface area contributed by atoms with Crippen LogP contribution in [0.15, 0.2) is 18.2 Å². The number of halogens is 1. The Bertz CT molecular complexity index is 399. The van der Waals surface area contributed by atoms with Crippen molar-refractivity contribution in [3.63, 3.8) is 0 Å². The van der Waals surface area contributed by atoms with Gasteiger partial charge in [0.05, 0.1) is 0 Å². The van der Waals surface area contributed by atoms with E-state index in [-0.39, 0.29) is 5.91 Å². The molecule has 0 aliphatic carbocycles. The normalized spacial score (nSPS) is 20.5. The lowest BCUT2D eigenvalue weighted by Gasteiger charge is -2.18. The zero-order valence-corrected chi connectivity index (χ0v) is 10.00. The van der Waals surface area contributed by atoms with Crippen LogP contribution < -0.4 is 5.73 Å². The van der Waals surface area contributed by atoms with Crippen LogP contribution in [0, 0.1) is 5.92 Å². The van der Waals surface area contributed by atoms with Crippen molar-refractivity contribution >= 4 is 23.2 Å². The van der Waals surface area contributed by atoms with Gasteiger partial charge in [0.2, 0.25) is 5.91 Å². The molecule has 1 aliphatic heterocycles. The number of hydrogen-bond donors (Lipinski definition) is 1. The summed E-state index contributed by atoms with van der Waals surface area (Å²) in [6.07, 6.45) is 0.629. The third-order valence-corrected chi connectivity index (χ3v) is 3.27. The largest absolute Gasteiger partial charge is 0.398 e. The molecule has 16 heavy (non-hydrogen) atoms. The molecule has 2 N–H and O–H groups in total. The first-order chi connectivity index (χ1) is 7.58. The highest BCUT2D eigenvalue weighted by Crippen LogP contribution is 2.26. The SMILES string of the molecule is CC1CC(=O)N(Cc2c(N)cccc2Cl)C1. The zero-order valence-electron chi connectivity index (χ0n) is 9.24. The predicted molar refractivity (Wildman–Crippen MR) is 65.1 cm³/mol. The minimum Gasteiger partial charge on any atom is -0.398 e. The van der Waals surface area contributed by atoms with Gasteiger partial charge in [-0.25, -0.2) is 0 Å². The molecule has 1 aromatic rings. The summed E-state index contributed by atoms with van der Waals surface area (Å²) >= 11 is 6.07. The quantitative estimate of drug-likeness (QED) is 0.804. The molecule has 4 heteroatoms. The number of likely N-dealkylation sites (tertiary alicyclic amines) is 1. The Labute approximate surface area is 100 Å². The Balaban J connectivity index is 2.18. The summed E-state index contributed by atoms with van der Waals surface area (Å²) in [5, 5.41) is 0.632. The highest BCUT2D eigenvalue weighted by molar-refractivity contribution is 6.31. The number of nitrogens with zero attached hydrogens (tertiary/aromatic N) is 1. The third-order valence-electron chi connectivity index (χ3n) is 2.91. The Kier molecular flexibility index (Phi) is 3.06. The molecule has 1 atom stereocenters. The van der Waals surface area contributed by atoms with Crippen LogP contribution in [0.1, 0.15) is 18.9 Å². The van der Waals surface area contributed by atoms with Crippen LogP contribution in [0.4, 0.5) is 5.69 Å². The van der Waals surface area contributed by atoms with Gasteiger partial charge in [0.15, 0.2) is 0 Å². The molecule has 1 unspecified atom stereocenters. The second-order valence-electron chi connectivity index (χ2n) is 4.39. The maximum Gasteiger partial charge on any atom is 0.223 e. The van der Waals surface area contributed by atoms with Gasteiger partial charge in [-0.05, 0) is 18.1 Å². The maximum atomic E-state index is 11.7. The van der Waals surface area contributed by atoms with E-state index in [4.69, 9.17) is 17.3 Å². The first-order valence-electron chi connectivity index (χ1n) is 5.38. The van der Waals surface area contributed by atoms with E-state index in [1.165, 1.54) is 0 Å². The highest BCUT2D eigenvalue weighted by Gasteiger charge is 2.27. The fourth-order valence-corrected chi connectivity index (χ4v) is 2.30. The van der Waals surface area contributed by atoms with Crippen molar-refractivity contribution in [1.29, 1.82) is 0 Å². The number of hydrogen-bond acceptors (Lipinski definition) is 2. The number of carbonyl (C=O) groups is 1. The summed E-state index contributed by atoms with van der Waals surface area (Å²) in [7, 11) is 0. The second kappa shape index (κ2) is 4.34. The minimum atomic E-state index is 0.187. The molecule has 0 saturated carbocycles. The van der Waals surface area contributed by atoms with Crippen LogP contribution in [0.25, 0.3) is 0 Å². The van der Waals surface area contributed by atoms with Crippen molar-refractivity contribution in [3.8, 4) is 0 Å². The summed E-state index contributed by atoms with van der Waals surface area (Å²) in [6.45, 7) is 3.39. The summed E-state index contributed by atoms with van der Waals surface area (Å²) in [4.78, 5) is 13.5. The fraction of sp³-hybridized carbons (Fsp3) is 0.417. The van der Waals surface area contributed by atoms with E-state index in [0.29, 0.717) is 29.6 Å². The monoisotopic (exact) mass is 238 g/mol. The van der Waals surface area contributed by atoms with Crippen LogP contribution >= 0.6 is 11.6 Å². The molecule has 2 rings (SSSR count). The van der Waals surface area contributed by atoms with Gasteiger partial charge in [0.25, 0.3) is 0 Å². The maximum absolute atomic E-state index is 11.7. The van der Waals surface area contributed by atoms with Crippen molar-refractivity contribution in [2.24, 2.45) is 5.92 Å². The molecule has 0 radical (unpaired) electrons. The van der Waals surface area contributed by atoms with Crippen molar-refractivity contribution in [2.75, 3.05) is 12.3 Å². The van der Waals surface area contributed by atoms with Crippen LogP contribution in [0.5, 0.6) is 0 Å². The van der Waals surface area contributed by atoms with Crippen molar-refractivity contribution in [2.45, 2.75) is 19.9 Å². The summed E-state index contributed by atoms with van der Waals surface area (Å²) < 4.78 is 0. The van der Waals surface area contributed by atoms with Gasteiger partial charge >= 0.3 is 0 Å². The summed E-state index contributed by atoms with van der Waals surface area (Å²) in [5.41, 5.74) is 7.36. The summed E-state index contributed by atoms with van der Waals surface area (Å²) in [5.74, 6) is 0.614. The number of carbonyl (C=O) groups excluding carboxylic acids is 1. The molecular weight excluding hydrogens is 224 g/mol. The smallest absolute Gasteiger partial charge is 0.223 e. The molecule has 3 nitrogen and oxygen atoms in total. The molecule has 0 spiro atoms. The number of anilines is 1. The van der Waals surface area contributed by atoms with Crippen LogP contribution in [-0.4, -0.2) is 17.4 Å². The Hall–Kier alpha value is -1.22. The number of nitrogens with two attached hydrogens (primary N) is 1. The van der Waals surface area contributed by atoms with Crippen LogP contribution in [0.2, 0.25) is 5.02 Å². The van der Waals surface area contributed by atoms with Crippen molar-refractivity contribution < 1.29 is 4.79 Å². The van der Waals surface area contributed by atoms with E-state index >= 15 is 0 Å². The highest BCUT2D eigenvalue weighted by atomic mass is 35.5. The lowest BCUT2D eigenvalue weighted by Crippen LogP contribution is -2.25. The van der Waals surface area contributed by atoms with E-state index in [0.717, 1.165) is 12.1 Å². The predicted octanol–water partition coefficient (Wildman–Crippen LogP) is 2.29. The first-order valence-corrected chi connectivity index (χ1v) is 5.76. The fourth-order valence-electron chi connectivity index (χ4n) is 2.06. The van der Waals surface area contributed by atoms with Gasteiger partial charge in [-0.3, -0.25) is 4.79 Å². The van der Waals surface area contributed by atoms with E-state index in [2.05, 4.69) is 6.92 Å². The average Bonchev–Trinajstić information content (AvgIpc) is 2.51. The molecule has 1 heterocycles. The van der Waals surface area contributed by atoms with E-state index < -0.39 is 0 Å². The van der Waals surface area contributed by atoms with Gasteiger partial charge in [-0.15, -0.1) is 0 Å². The lowest BCUT2D eigenvalue weighted by atomic mass is 10.1. The molecule has 0 bridgehead atoms. The molecular formula is C12H15ClN2O. The van der Waals surface area contributed by atoms with Crippen LogP contribution in [-0.2, 0) is 11.3 Å². The van der Waals surface area contributed by atoms with Gasteiger partial charge in [0.1, 0.15) is 0 Å². The van der Waals surface area contributed by atoms with Crippen LogP contribution in [0.3, 0.4) is 0 Å². The van der Waals surface area contributed by atoms with E-state index in [9.17, 15) is 4.79 Å². The molecule has 0 aromatic heterocycles. The van der Waals surface area contributed by atoms with Gasteiger partial charge in [0, 0.05) is 35.8 Å². The lowest BCUT2D eigenvalue weighted by molar-refractivity contribution is -0.128. The van der Waals surface area contributed by atoms with Crippen molar-refractivity contribution in [1.82, 2.24) is 4.90 Å². The first kappa shape index (κ1) is 11.3. The van der Waals surface area contributed by atoms with Gasteiger partial charge in [-0.2, -0.15) is 0 Å². The third kappa shape index (κ3) is 2.14. The number of rotatable bonds is 2. The molecule has 1 aliphatic rings. The Morgan fingerprint density at radius 2 is 2.31 bits per heavy atom. The van der Waals surface area contributed by atoms with Crippen molar-refractivity contribution in [3.05, 3.63) is 28.8 Å². The topological polar surface area (TPSA) is 46.3 Å². The number of benzene rings is 1. The zero-order chi connectivity index (χ0) is 11.7. The van der Waals surface area contributed by atoms with E-state index in [1.54, 1.807) is 6.07 Å². The second-order valence-corrected chi connectivity index (χ2v) is 4.80. The Morgan fingerprint density at radius 1 is 1.56 bits per heavy atom. The minimum absolute atomic E-state index is 0.187. The molecule has 1 aromatic carbocycles. The number of amides is 1.